The van der Waals surface area contributed by atoms with Crippen LogP contribution in [0.4, 0.5) is 0 Å². The number of halogens is 3. The molecule has 0 saturated carbocycles. The molecule has 0 saturated heterocycles. The summed E-state index contributed by atoms with van der Waals surface area (Å²) in [4.78, 5) is 17.9. The number of hydrogen-bond donors (Lipinski definition) is 4. The SMILES string of the molecule is COC1=C(Br)C[C@]2(OC=C1Br)ON=C(C(=O)NCCCOc1ccc([C@@H](O)CN)cc1Br)[C@@H]2O. The van der Waals surface area contributed by atoms with Gasteiger partial charge in [0, 0.05) is 17.6 Å². The number of allylic oxidation sites excluding steroid dienone is 1. The molecule has 3 rings (SSSR count). The van der Waals surface area contributed by atoms with Crippen LogP contribution in [0.25, 0.3) is 0 Å². The minimum Gasteiger partial charge on any atom is -0.495 e. The number of rotatable bonds is 9. The summed E-state index contributed by atoms with van der Waals surface area (Å²) in [5.74, 6) is -1.09. The lowest BCUT2D eigenvalue weighted by Gasteiger charge is -2.27. The fourth-order valence-electron chi connectivity index (χ4n) is 3.22. The van der Waals surface area contributed by atoms with Crippen LogP contribution in [0.3, 0.4) is 0 Å². The van der Waals surface area contributed by atoms with Crippen molar-refractivity contribution < 1.29 is 34.1 Å². The Kier molecular flexibility index (Phi) is 9.41. The minimum atomic E-state index is -1.59. The zero-order valence-corrected chi connectivity index (χ0v) is 22.9. The van der Waals surface area contributed by atoms with Gasteiger partial charge in [0.25, 0.3) is 5.91 Å². The molecule has 0 unspecified atom stereocenters. The van der Waals surface area contributed by atoms with E-state index in [1.807, 2.05) is 0 Å². The molecule has 0 aliphatic carbocycles. The highest BCUT2D eigenvalue weighted by Gasteiger charge is 2.54. The zero-order chi connectivity index (χ0) is 24.9. The van der Waals surface area contributed by atoms with Crippen LogP contribution in [-0.2, 0) is 19.1 Å². The number of aliphatic hydroxyl groups excluding tert-OH is 2. The molecule has 2 aliphatic heterocycles. The number of benzene rings is 1. The van der Waals surface area contributed by atoms with Crippen molar-refractivity contribution in [1.82, 2.24) is 5.32 Å². The normalized spacial score (nSPS) is 22.9. The number of oxime groups is 1. The van der Waals surface area contributed by atoms with Crippen molar-refractivity contribution in [2.24, 2.45) is 10.9 Å². The fraction of sp³-hybridized carbons (Fsp3) is 0.429. The van der Waals surface area contributed by atoms with Gasteiger partial charge in [-0.2, -0.15) is 0 Å². The second-order valence-corrected chi connectivity index (χ2v) is 10.0. The first-order valence-corrected chi connectivity index (χ1v) is 12.6. The van der Waals surface area contributed by atoms with Gasteiger partial charge in [-0.15, -0.1) is 0 Å². The van der Waals surface area contributed by atoms with E-state index in [1.54, 1.807) is 18.2 Å². The number of methoxy groups -OCH3 is 1. The standard InChI is InChI=1S/C21H24Br3N3O7/c1-31-18-13(23)8-21(33-10-14(18)24)19(29)17(27-34-21)20(30)26-5-2-6-32-16-4-3-11(7-12(16)22)15(28)9-25/h3-4,7,10,15,19,28-29H,2,5-6,8-9,25H2,1H3,(H,26,30)/t15-,19-,21-/m0/s1. The van der Waals surface area contributed by atoms with E-state index in [9.17, 15) is 15.0 Å². The predicted molar refractivity (Wildman–Crippen MR) is 134 cm³/mol. The Morgan fingerprint density at radius 1 is 1.41 bits per heavy atom. The fourth-order valence-corrected chi connectivity index (χ4v) is 5.26. The third kappa shape index (κ3) is 5.94. The van der Waals surface area contributed by atoms with Gasteiger partial charge in [0.2, 0.25) is 0 Å². The summed E-state index contributed by atoms with van der Waals surface area (Å²) in [5, 5.41) is 27.0. The molecule has 10 nitrogen and oxygen atoms in total. The van der Waals surface area contributed by atoms with Crippen LogP contribution in [-0.4, -0.2) is 60.5 Å². The Hall–Kier alpha value is -1.64. The van der Waals surface area contributed by atoms with Gasteiger partial charge in [-0.25, -0.2) is 0 Å². The smallest absolute Gasteiger partial charge is 0.311 e. The van der Waals surface area contributed by atoms with Crippen molar-refractivity contribution in [3.8, 4) is 5.75 Å². The van der Waals surface area contributed by atoms with Gasteiger partial charge >= 0.3 is 5.79 Å². The van der Waals surface area contributed by atoms with Gasteiger partial charge in [-0.05, 0) is 56.0 Å². The maximum absolute atomic E-state index is 12.6. The van der Waals surface area contributed by atoms with E-state index in [2.05, 4.69) is 58.3 Å². The summed E-state index contributed by atoms with van der Waals surface area (Å²) in [6, 6.07) is 5.22. The second-order valence-electron chi connectivity index (χ2n) is 7.38. The molecule has 1 aromatic carbocycles. The lowest BCUT2D eigenvalue weighted by molar-refractivity contribution is -0.225. The first-order valence-electron chi connectivity index (χ1n) is 10.2. The van der Waals surface area contributed by atoms with Crippen molar-refractivity contribution in [3.63, 3.8) is 0 Å². The number of amides is 1. The van der Waals surface area contributed by atoms with Crippen LogP contribution in [0.5, 0.6) is 5.75 Å². The second kappa shape index (κ2) is 11.9. The molecule has 186 valence electrons. The van der Waals surface area contributed by atoms with E-state index in [0.717, 1.165) is 0 Å². The van der Waals surface area contributed by atoms with Crippen molar-refractivity contribution in [3.05, 3.63) is 49.2 Å². The minimum absolute atomic E-state index is 0.0625. The lowest BCUT2D eigenvalue weighted by Crippen LogP contribution is -2.49. The summed E-state index contributed by atoms with van der Waals surface area (Å²) in [7, 11) is 1.49. The highest BCUT2D eigenvalue weighted by Crippen LogP contribution is 2.41. The van der Waals surface area contributed by atoms with Crippen molar-refractivity contribution in [2.75, 3.05) is 26.8 Å². The molecule has 34 heavy (non-hydrogen) atoms. The maximum atomic E-state index is 12.6. The molecule has 1 aromatic rings. The molecule has 0 aromatic heterocycles. The number of aliphatic hydroxyl groups is 2. The first-order chi connectivity index (χ1) is 16.2. The largest absolute Gasteiger partial charge is 0.495 e. The molecule has 0 radical (unpaired) electrons. The van der Waals surface area contributed by atoms with Gasteiger partial charge in [0.15, 0.2) is 11.8 Å². The van der Waals surface area contributed by atoms with Crippen LogP contribution in [0, 0.1) is 0 Å². The number of nitrogens with one attached hydrogen (secondary N) is 1. The Morgan fingerprint density at radius 3 is 2.85 bits per heavy atom. The molecule has 0 fully saturated rings. The summed E-state index contributed by atoms with van der Waals surface area (Å²) >= 11 is 10.1. The van der Waals surface area contributed by atoms with Crippen LogP contribution in [0.2, 0.25) is 0 Å². The quantitative estimate of drug-likeness (QED) is 0.294. The molecular weight excluding hydrogens is 646 g/mol. The summed E-state index contributed by atoms with van der Waals surface area (Å²) in [5.41, 5.74) is 5.97. The molecule has 1 spiro atoms. The molecule has 2 aliphatic rings. The topological polar surface area (TPSA) is 145 Å². The molecular formula is C21H24Br3N3O7. The first kappa shape index (κ1) is 27.0. The summed E-state index contributed by atoms with van der Waals surface area (Å²) in [6.07, 6.45) is -0.281. The van der Waals surface area contributed by atoms with Gasteiger partial charge in [0.1, 0.15) is 17.8 Å². The third-order valence-corrected chi connectivity index (χ3v) is 6.87. The number of carbonyl (C=O) groups excluding carboxylic acids is 1. The van der Waals surface area contributed by atoms with Crippen molar-refractivity contribution in [1.29, 1.82) is 0 Å². The van der Waals surface area contributed by atoms with E-state index < -0.39 is 23.9 Å². The zero-order valence-electron chi connectivity index (χ0n) is 18.1. The van der Waals surface area contributed by atoms with Crippen LogP contribution >= 0.6 is 47.8 Å². The lowest BCUT2D eigenvalue weighted by atomic mass is 10.0. The number of nitrogens with two attached hydrogens (primary N) is 1. The number of carbonyl (C=O) groups is 1. The van der Waals surface area contributed by atoms with Gasteiger partial charge in [-0.3, -0.25) is 4.79 Å². The molecule has 3 atom stereocenters. The molecule has 2 heterocycles. The van der Waals surface area contributed by atoms with Gasteiger partial charge in [0.05, 0.1) is 35.2 Å². The number of ether oxygens (including phenoxy) is 3. The maximum Gasteiger partial charge on any atom is 0.311 e. The van der Waals surface area contributed by atoms with Crippen molar-refractivity contribution in [2.45, 2.75) is 30.8 Å². The van der Waals surface area contributed by atoms with Gasteiger partial charge in [-0.1, -0.05) is 27.2 Å². The monoisotopic (exact) mass is 667 g/mol. The Labute approximate surface area is 221 Å². The molecule has 5 N–H and O–H groups in total. The Morgan fingerprint density at radius 2 is 2.18 bits per heavy atom. The van der Waals surface area contributed by atoms with E-state index in [1.165, 1.54) is 13.4 Å². The molecule has 1 amide bonds. The highest BCUT2D eigenvalue weighted by molar-refractivity contribution is 9.12. The van der Waals surface area contributed by atoms with E-state index in [-0.39, 0.29) is 25.2 Å². The van der Waals surface area contributed by atoms with Crippen molar-refractivity contribution >= 4 is 59.4 Å². The number of hydrogen-bond acceptors (Lipinski definition) is 9. The summed E-state index contributed by atoms with van der Waals surface area (Å²) in [6.45, 7) is 0.733. The van der Waals surface area contributed by atoms with E-state index >= 15 is 0 Å². The molecule has 0 bridgehead atoms. The predicted octanol–water partition coefficient (Wildman–Crippen LogP) is 2.68. The van der Waals surface area contributed by atoms with E-state index in [4.69, 9.17) is 24.8 Å². The van der Waals surface area contributed by atoms with Gasteiger partial charge < -0.3 is 40.3 Å². The highest BCUT2D eigenvalue weighted by atomic mass is 79.9. The van der Waals surface area contributed by atoms with Crippen LogP contribution in [0.15, 0.2) is 48.8 Å². The average Bonchev–Trinajstić information content (AvgIpc) is 3.06. The molecule has 13 heteroatoms. The Balaban J connectivity index is 1.49. The number of nitrogens with zero attached hydrogens (tertiary/aromatic N) is 1. The third-order valence-electron chi connectivity index (χ3n) is 5.07. The van der Waals surface area contributed by atoms with Crippen LogP contribution < -0.4 is 15.8 Å². The average molecular weight is 670 g/mol. The van der Waals surface area contributed by atoms with E-state index in [0.29, 0.717) is 43.5 Å². The summed E-state index contributed by atoms with van der Waals surface area (Å²) < 4.78 is 18.4. The Bertz CT molecular complexity index is 1020. The van der Waals surface area contributed by atoms with Crippen LogP contribution in [0.1, 0.15) is 24.5 Å².